The Morgan fingerprint density at radius 2 is 2.00 bits per heavy atom. The van der Waals surface area contributed by atoms with E-state index < -0.39 is 0 Å². The van der Waals surface area contributed by atoms with Crippen LogP contribution in [0.15, 0.2) is 60.9 Å². The summed E-state index contributed by atoms with van der Waals surface area (Å²) in [7, 11) is 0. The number of primary amides is 1. The Labute approximate surface area is 130 Å². The summed E-state index contributed by atoms with van der Waals surface area (Å²) in [5.41, 5.74) is 8.91. The molecule has 0 fully saturated rings. The predicted octanol–water partition coefficient (Wildman–Crippen LogP) is 2.40. The third-order valence-electron chi connectivity index (χ3n) is 3.96. The van der Waals surface area contributed by atoms with Crippen molar-refractivity contribution < 1.29 is 4.79 Å². The van der Waals surface area contributed by atoms with Crippen molar-refractivity contribution in [1.29, 1.82) is 0 Å². The lowest BCUT2D eigenvalue weighted by molar-refractivity contribution is -0.123. The number of hydrogen-bond donors (Lipinski definition) is 1. The molecule has 0 aliphatic carbocycles. The van der Waals surface area contributed by atoms with Gasteiger partial charge in [0.1, 0.15) is 6.04 Å². The Bertz CT molecular complexity index is 667. The fraction of sp³-hybridized carbons (Fsp3) is 0.222. The lowest BCUT2D eigenvalue weighted by atomic mass is 9.98. The third-order valence-corrected chi connectivity index (χ3v) is 3.96. The van der Waals surface area contributed by atoms with Gasteiger partial charge in [-0.25, -0.2) is 0 Å². The molecule has 1 aromatic heterocycles. The van der Waals surface area contributed by atoms with Crippen LogP contribution in [0.1, 0.15) is 23.6 Å². The van der Waals surface area contributed by atoms with Gasteiger partial charge in [-0.2, -0.15) is 0 Å². The zero-order valence-electron chi connectivity index (χ0n) is 12.4. The van der Waals surface area contributed by atoms with Crippen LogP contribution < -0.4 is 5.73 Å². The molecule has 2 heterocycles. The average Bonchev–Trinajstić information content (AvgIpc) is 2.57. The van der Waals surface area contributed by atoms with Crippen LogP contribution in [0.25, 0.3) is 5.57 Å². The number of hydrogen-bond acceptors (Lipinski definition) is 3. The quantitative estimate of drug-likeness (QED) is 0.941. The highest BCUT2D eigenvalue weighted by molar-refractivity contribution is 5.82. The number of benzene rings is 1. The van der Waals surface area contributed by atoms with Gasteiger partial charge in [0.2, 0.25) is 5.91 Å². The number of pyridine rings is 1. The van der Waals surface area contributed by atoms with Crippen molar-refractivity contribution in [1.82, 2.24) is 9.88 Å². The molecule has 1 amide bonds. The molecule has 0 saturated heterocycles. The van der Waals surface area contributed by atoms with Gasteiger partial charge >= 0.3 is 0 Å². The second-order valence-corrected chi connectivity index (χ2v) is 5.45. The standard InChI is InChI=1S/C18H19N3O/c19-18(22)17(14-6-2-1-3-7-14)21-11-5-9-16(13-21)15-8-4-10-20-12-15/h1-4,6-10,12,17H,5,11,13H2,(H2,19,22)/t17-/m1/s1. The minimum atomic E-state index is -0.387. The number of aromatic nitrogens is 1. The maximum atomic E-state index is 12.0. The molecule has 0 radical (unpaired) electrons. The molecule has 2 N–H and O–H groups in total. The molecule has 0 bridgehead atoms. The van der Waals surface area contributed by atoms with Gasteiger partial charge in [0.15, 0.2) is 0 Å². The number of nitrogens with two attached hydrogens (primary N) is 1. The Kier molecular flexibility index (Phi) is 4.30. The van der Waals surface area contributed by atoms with Crippen molar-refractivity contribution in [2.75, 3.05) is 13.1 Å². The van der Waals surface area contributed by atoms with E-state index in [0.29, 0.717) is 6.54 Å². The molecule has 0 spiro atoms. The fourth-order valence-electron chi connectivity index (χ4n) is 2.94. The van der Waals surface area contributed by atoms with Crippen LogP contribution in [-0.4, -0.2) is 28.9 Å². The summed E-state index contributed by atoms with van der Waals surface area (Å²) in [5.74, 6) is -0.307. The minimum Gasteiger partial charge on any atom is -0.368 e. The van der Waals surface area contributed by atoms with Crippen molar-refractivity contribution in [3.05, 3.63) is 72.1 Å². The van der Waals surface area contributed by atoms with E-state index in [9.17, 15) is 4.79 Å². The van der Waals surface area contributed by atoms with Crippen molar-refractivity contribution in [2.24, 2.45) is 5.73 Å². The lowest BCUT2D eigenvalue weighted by Gasteiger charge is -2.33. The van der Waals surface area contributed by atoms with E-state index in [1.165, 1.54) is 5.57 Å². The molecule has 1 aromatic carbocycles. The van der Waals surface area contributed by atoms with E-state index in [1.807, 2.05) is 48.7 Å². The van der Waals surface area contributed by atoms with Gasteiger partial charge in [0.05, 0.1) is 0 Å². The summed E-state index contributed by atoms with van der Waals surface area (Å²) in [5, 5.41) is 0. The molecule has 0 saturated carbocycles. The van der Waals surface area contributed by atoms with Gasteiger partial charge < -0.3 is 5.73 Å². The second kappa shape index (κ2) is 6.54. The second-order valence-electron chi connectivity index (χ2n) is 5.45. The van der Waals surface area contributed by atoms with Gasteiger partial charge in [-0.1, -0.05) is 42.5 Å². The Morgan fingerprint density at radius 3 is 2.68 bits per heavy atom. The van der Waals surface area contributed by atoms with Crippen LogP contribution in [0, 0.1) is 0 Å². The fourth-order valence-corrected chi connectivity index (χ4v) is 2.94. The van der Waals surface area contributed by atoms with Gasteiger partial charge in [0, 0.05) is 25.5 Å². The first-order valence-electron chi connectivity index (χ1n) is 7.43. The predicted molar refractivity (Wildman–Crippen MR) is 86.8 cm³/mol. The lowest BCUT2D eigenvalue weighted by Crippen LogP contribution is -2.40. The summed E-state index contributed by atoms with van der Waals surface area (Å²) >= 11 is 0. The number of carbonyl (C=O) groups excluding carboxylic acids is 1. The van der Waals surface area contributed by atoms with Crippen LogP contribution in [-0.2, 0) is 4.79 Å². The summed E-state index contributed by atoms with van der Waals surface area (Å²) in [4.78, 5) is 18.3. The zero-order valence-corrected chi connectivity index (χ0v) is 12.4. The van der Waals surface area contributed by atoms with Crippen molar-refractivity contribution >= 4 is 11.5 Å². The highest BCUT2D eigenvalue weighted by Crippen LogP contribution is 2.27. The highest BCUT2D eigenvalue weighted by atomic mass is 16.1. The molecule has 4 nitrogen and oxygen atoms in total. The summed E-state index contributed by atoms with van der Waals surface area (Å²) in [6.07, 6.45) is 6.75. The van der Waals surface area contributed by atoms with Crippen molar-refractivity contribution in [3.8, 4) is 0 Å². The molecule has 22 heavy (non-hydrogen) atoms. The zero-order chi connectivity index (χ0) is 15.4. The van der Waals surface area contributed by atoms with Crippen LogP contribution in [0.3, 0.4) is 0 Å². The Morgan fingerprint density at radius 1 is 1.18 bits per heavy atom. The third kappa shape index (κ3) is 3.07. The number of amides is 1. The normalized spacial score (nSPS) is 16.8. The van der Waals surface area contributed by atoms with Gasteiger partial charge in [-0.3, -0.25) is 14.7 Å². The van der Waals surface area contributed by atoms with Gasteiger partial charge in [0.25, 0.3) is 0 Å². The average molecular weight is 293 g/mol. The van der Waals surface area contributed by atoms with Crippen LogP contribution in [0.2, 0.25) is 0 Å². The molecule has 4 heteroatoms. The van der Waals surface area contributed by atoms with Crippen molar-refractivity contribution in [2.45, 2.75) is 12.5 Å². The first kappa shape index (κ1) is 14.5. The smallest absolute Gasteiger partial charge is 0.239 e. The topological polar surface area (TPSA) is 59.2 Å². The van der Waals surface area contributed by atoms with E-state index in [0.717, 1.165) is 24.1 Å². The minimum absolute atomic E-state index is 0.307. The Hall–Kier alpha value is -2.46. The number of carbonyl (C=O) groups is 1. The van der Waals surface area contributed by atoms with Crippen molar-refractivity contribution in [3.63, 3.8) is 0 Å². The van der Waals surface area contributed by atoms with Gasteiger partial charge in [-0.05, 0) is 29.2 Å². The molecular formula is C18H19N3O. The van der Waals surface area contributed by atoms with Crippen LogP contribution >= 0.6 is 0 Å². The molecule has 2 aromatic rings. The maximum Gasteiger partial charge on any atom is 0.239 e. The molecule has 112 valence electrons. The number of nitrogens with zero attached hydrogens (tertiary/aromatic N) is 2. The largest absolute Gasteiger partial charge is 0.368 e. The molecule has 1 atom stereocenters. The maximum absolute atomic E-state index is 12.0. The SMILES string of the molecule is NC(=O)[C@@H](c1ccccc1)N1CCC=C(c2cccnc2)C1. The van der Waals surface area contributed by atoms with Crippen LogP contribution in [0.4, 0.5) is 0 Å². The molecule has 0 unspecified atom stereocenters. The number of rotatable bonds is 4. The van der Waals surface area contributed by atoms with E-state index >= 15 is 0 Å². The van der Waals surface area contributed by atoms with E-state index in [-0.39, 0.29) is 11.9 Å². The summed E-state index contributed by atoms with van der Waals surface area (Å²) in [6.45, 7) is 1.53. The molecule has 1 aliphatic heterocycles. The summed E-state index contributed by atoms with van der Waals surface area (Å²) in [6, 6.07) is 13.3. The van der Waals surface area contributed by atoms with Crippen LogP contribution in [0.5, 0.6) is 0 Å². The first-order valence-corrected chi connectivity index (χ1v) is 7.43. The molecule has 3 rings (SSSR count). The highest BCUT2D eigenvalue weighted by Gasteiger charge is 2.27. The van der Waals surface area contributed by atoms with Gasteiger partial charge in [-0.15, -0.1) is 0 Å². The first-order chi connectivity index (χ1) is 10.8. The molecular weight excluding hydrogens is 274 g/mol. The monoisotopic (exact) mass is 293 g/mol. The van der Waals surface area contributed by atoms with E-state index in [4.69, 9.17) is 5.73 Å². The Balaban J connectivity index is 1.85. The summed E-state index contributed by atoms with van der Waals surface area (Å²) < 4.78 is 0. The van der Waals surface area contributed by atoms with E-state index in [1.54, 1.807) is 6.20 Å². The van der Waals surface area contributed by atoms with E-state index in [2.05, 4.69) is 16.0 Å². The molecule has 1 aliphatic rings.